The van der Waals surface area contributed by atoms with Crippen LogP contribution in [0.4, 0.5) is 5.69 Å². The van der Waals surface area contributed by atoms with Gasteiger partial charge in [0.15, 0.2) is 6.61 Å². The van der Waals surface area contributed by atoms with Gasteiger partial charge in [0.2, 0.25) is 5.91 Å². The number of fused-ring (bicyclic) bond motifs is 3. The fourth-order valence-corrected chi connectivity index (χ4v) is 4.98. The number of anilines is 1. The molecule has 0 fully saturated rings. The molecule has 7 heteroatoms. The Morgan fingerprint density at radius 3 is 2.34 bits per heavy atom. The van der Waals surface area contributed by atoms with Gasteiger partial charge in [-0.3, -0.25) is 14.5 Å². The van der Waals surface area contributed by atoms with Crippen molar-refractivity contribution in [3.8, 4) is 11.4 Å². The molecule has 0 radical (unpaired) electrons. The predicted molar refractivity (Wildman–Crippen MR) is 150 cm³/mol. The second kappa shape index (κ2) is 11.6. The molecule has 1 aliphatic heterocycles. The molecule has 38 heavy (non-hydrogen) atoms. The molecule has 1 atom stereocenters. The van der Waals surface area contributed by atoms with Crippen molar-refractivity contribution in [1.29, 1.82) is 0 Å². The van der Waals surface area contributed by atoms with Gasteiger partial charge < -0.3 is 14.2 Å². The summed E-state index contributed by atoms with van der Waals surface area (Å²) in [5.74, 6) is 0.248. The van der Waals surface area contributed by atoms with Crippen LogP contribution in [-0.2, 0) is 9.59 Å². The van der Waals surface area contributed by atoms with Gasteiger partial charge in [0, 0.05) is 17.8 Å². The van der Waals surface area contributed by atoms with E-state index in [0.29, 0.717) is 17.3 Å². The Hall–Kier alpha value is -4.03. The Bertz CT molecular complexity index is 1400. The Labute approximate surface area is 228 Å². The van der Waals surface area contributed by atoms with Gasteiger partial charge in [-0.25, -0.2) is 0 Å². The molecule has 2 amide bonds. The summed E-state index contributed by atoms with van der Waals surface area (Å²) in [5.41, 5.74) is 3.63. The minimum absolute atomic E-state index is 0.0455. The first-order valence-corrected chi connectivity index (χ1v) is 13.2. The first-order valence-electron chi connectivity index (χ1n) is 12.9. The van der Waals surface area contributed by atoms with Crippen LogP contribution in [0.1, 0.15) is 37.1 Å². The van der Waals surface area contributed by atoms with E-state index in [1.807, 2.05) is 102 Å². The fourth-order valence-electron chi connectivity index (χ4n) is 4.86. The van der Waals surface area contributed by atoms with Crippen LogP contribution in [0.3, 0.4) is 0 Å². The number of hydrogen-bond acceptors (Lipinski definition) is 3. The van der Waals surface area contributed by atoms with E-state index in [9.17, 15) is 9.59 Å². The fraction of sp³-hybridized carbons (Fsp3) is 0.226. The number of unbranched alkanes of at least 4 members (excludes halogenated alkanes) is 1. The lowest BCUT2D eigenvalue weighted by molar-refractivity contribution is -0.137. The highest BCUT2D eigenvalue weighted by atomic mass is 35.5. The molecule has 2 heterocycles. The molecule has 0 saturated carbocycles. The zero-order valence-corrected chi connectivity index (χ0v) is 22.1. The van der Waals surface area contributed by atoms with E-state index in [1.165, 1.54) is 0 Å². The topological polar surface area (TPSA) is 54.8 Å². The number of carbonyl (C=O) groups is 2. The van der Waals surface area contributed by atoms with Crippen molar-refractivity contribution in [3.05, 3.63) is 113 Å². The van der Waals surface area contributed by atoms with Crippen molar-refractivity contribution in [2.45, 2.75) is 25.8 Å². The monoisotopic (exact) mass is 527 g/mol. The number of hydrogen-bond donors (Lipinski definition) is 0. The lowest BCUT2D eigenvalue weighted by Gasteiger charge is -2.39. The van der Waals surface area contributed by atoms with Crippen molar-refractivity contribution < 1.29 is 14.3 Å². The normalized spacial score (nSPS) is 13.9. The standard InChI is InChI=1S/C31H30ClN3O3/c1-2-3-19-33(30(37)22-38-25-10-5-4-6-11-25)21-29(36)35-27-13-8-7-12-26(27)34-20-9-14-28(34)31(35)23-15-17-24(32)18-16-23/h4-18,20,31H,2-3,19,21-22H2,1H3. The molecule has 6 nitrogen and oxygen atoms in total. The van der Waals surface area contributed by atoms with Crippen LogP contribution in [0, 0.1) is 0 Å². The minimum atomic E-state index is -0.367. The van der Waals surface area contributed by atoms with Crippen molar-refractivity contribution in [1.82, 2.24) is 9.47 Å². The van der Waals surface area contributed by atoms with E-state index in [1.54, 1.807) is 4.90 Å². The van der Waals surface area contributed by atoms with Crippen LogP contribution in [-0.4, -0.2) is 41.0 Å². The second-order valence-electron chi connectivity index (χ2n) is 9.28. The van der Waals surface area contributed by atoms with Crippen LogP contribution in [0.2, 0.25) is 5.02 Å². The molecule has 1 unspecified atom stereocenters. The Morgan fingerprint density at radius 1 is 0.895 bits per heavy atom. The number of halogens is 1. The molecular formula is C31H30ClN3O3. The summed E-state index contributed by atoms with van der Waals surface area (Å²) in [6.07, 6.45) is 3.71. The Kier molecular flexibility index (Phi) is 7.80. The number of nitrogens with zero attached hydrogens (tertiary/aromatic N) is 3. The third-order valence-corrected chi connectivity index (χ3v) is 6.99. The van der Waals surface area contributed by atoms with Crippen LogP contribution >= 0.6 is 11.6 Å². The van der Waals surface area contributed by atoms with Crippen LogP contribution in [0.5, 0.6) is 5.75 Å². The van der Waals surface area contributed by atoms with Gasteiger partial charge in [0.25, 0.3) is 5.91 Å². The van der Waals surface area contributed by atoms with Crippen molar-refractivity contribution in [2.24, 2.45) is 0 Å². The minimum Gasteiger partial charge on any atom is -0.484 e. The van der Waals surface area contributed by atoms with Crippen molar-refractivity contribution >= 4 is 29.1 Å². The molecule has 1 aromatic heterocycles. The smallest absolute Gasteiger partial charge is 0.260 e. The van der Waals surface area contributed by atoms with Gasteiger partial charge >= 0.3 is 0 Å². The predicted octanol–water partition coefficient (Wildman–Crippen LogP) is 6.27. The van der Waals surface area contributed by atoms with E-state index in [2.05, 4.69) is 11.5 Å². The second-order valence-corrected chi connectivity index (χ2v) is 9.72. The number of amides is 2. The molecule has 0 N–H and O–H groups in total. The molecule has 0 bridgehead atoms. The summed E-state index contributed by atoms with van der Waals surface area (Å²) < 4.78 is 7.83. The highest BCUT2D eigenvalue weighted by Gasteiger charge is 2.36. The molecule has 0 aliphatic carbocycles. The zero-order chi connectivity index (χ0) is 26.5. The third-order valence-electron chi connectivity index (χ3n) is 6.74. The average molecular weight is 528 g/mol. The van der Waals surface area contributed by atoms with E-state index in [4.69, 9.17) is 16.3 Å². The summed E-state index contributed by atoms with van der Waals surface area (Å²) in [7, 11) is 0. The van der Waals surface area contributed by atoms with Crippen molar-refractivity contribution in [2.75, 3.05) is 24.6 Å². The van der Waals surface area contributed by atoms with Gasteiger partial charge in [-0.15, -0.1) is 0 Å². The molecule has 194 valence electrons. The summed E-state index contributed by atoms with van der Waals surface area (Å²) in [6.45, 7) is 2.38. The van der Waals surface area contributed by atoms with Gasteiger partial charge in [0.1, 0.15) is 18.3 Å². The van der Waals surface area contributed by atoms with Gasteiger partial charge in [-0.05, 0) is 60.5 Å². The number of rotatable bonds is 9. The maximum atomic E-state index is 14.2. The number of aromatic nitrogens is 1. The maximum absolute atomic E-state index is 14.2. The lowest BCUT2D eigenvalue weighted by Crippen LogP contribution is -2.47. The van der Waals surface area contributed by atoms with Gasteiger partial charge in [-0.1, -0.05) is 67.4 Å². The highest BCUT2D eigenvalue weighted by molar-refractivity contribution is 6.30. The van der Waals surface area contributed by atoms with Crippen LogP contribution in [0.15, 0.2) is 97.2 Å². The third kappa shape index (κ3) is 5.31. The molecule has 1 aliphatic rings. The molecule has 0 saturated heterocycles. The van der Waals surface area contributed by atoms with Crippen LogP contribution < -0.4 is 9.64 Å². The summed E-state index contributed by atoms with van der Waals surface area (Å²) in [6, 6.07) is 28.3. The number of ether oxygens (including phenoxy) is 1. The average Bonchev–Trinajstić information content (AvgIpc) is 3.44. The lowest BCUT2D eigenvalue weighted by atomic mass is 9.97. The SMILES string of the molecule is CCCCN(CC(=O)N1c2ccccc2-n2cccc2C1c1ccc(Cl)cc1)C(=O)COc1ccccc1. The van der Waals surface area contributed by atoms with E-state index in [0.717, 1.165) is 35.5 Å². The number of benzene rings is 3. The number of carbonyl (C=O) groups excluding carboxylic acids is 2. The van der Waals surface area contributed by atoms with Gasteiger partial charge in [-0.2, -0.15) is 0 Å². The first-order chi connectivity index (χ1) is 18.6. The summed E-state index contributed by atoms with van der Waals surface area (Å²) in [5, 5.41) is 0.632. The maximum Gasteiger partial charge on any atom is 0.260 e. The van der Waals surface area contributed by atoms with E-state index < -0.39 is 0 Å². The molecule has 3 aromatic carbocycles. The molecule has 5 rings (SSSR count). The summed E-state index contributed by atoms with van der Waals surface area (Å²) >= 11 is 6.19. The van der Waals surface area contributed by atoms with E-state index in [-0.39, 0.29) is 31.0 Å². The molecule has 0 spiro atoms. The quantitative estimate of drug-likeness (QED) is 0.257. The highest BCUT2D eigenvalue weighted by Crippen LogP contribution is 2.42. The number of para-hydroxylation sites is 3. The summed E-state index contributed by atoms with van der Waals surface area (Å²) in [4.78, 5) is 30.8. The largest absolute Gasteiger partial charge is 0.484 e. The molecular weight excluding hydrogens is 498 g/mol. The first kappa shape index (κ1) is 25.6. The molecule has 4 aromatic rings. The van der Waals surface area contributed by atoms with Gasteiger partial charge in [0.05, 0.1) is 17.1 Å². The Morgan fingerprint density at radius 2 is 1.61 bits per heavy atom. The van der Waals surface area contributed by atoms with Crippen LogP contribution in [0.25, 0.3) is 5.69 Å². The Balaban J connectivity index is 1.46. The zero-order valence-electron chi connectivity index (χ0n) is 21.3. The van der Waals surface area contributed by atoms with Crippen molar-refractivity contribution in [3.63, 3.8) is 0 Å². The van der Waals surface area contributed by atoms with E-state index >= 15 is 0 Å².